The van der Waals surface area contributed by atoms with Crippen LogP contribution in [0.2, 0.25) is 0 Å². The Labute approximate surface area is 173 Å². The molecule has 2 aromatic heterocycles. The molecule has 2 aliphatic rings. The number of fused-ring (bicyclic) bond motifs is 4. The van der Waals surface area contributed by atoms with Crippen LogP contribution in [0.4, 0.5) is 0 Å². The molecule has 0 aromatic carbocycles. The van der Waals surface area contributed by atoms with E-state index in [0.29, 0.717) is 19.6 Å². The first kappa shape index (κ1) is 21.2. The van der Waals surface area contributed by atoms with Gasteiger partial charge < -0.3 is 15.3 Å². The lowest BCUT2D eigenvalue weighted by Gasteiger charge is -2.46. The molecule has 2 aliphatic heterocycles. The van der Waals surface area contributed by atoms with Gasteiger partial charge in [-0.2, -0.15) is 0 Å². The van der Waals surface area contributed by atoms with Gasteiger partial charge in [0.2, 0.25) is 11.8 Å². The molecule has 4 rings (SSSR count). The second-order valence-electron chi connectivity index (χ2n) is 7.36. The lowest BCUT2D eigenvalue weighted by Crippen LogP contribution is -2.54. The van der Waals surface area contributed by atoms with Crippen LogP contribution in [0.15, 0.2) is 47.4 Å². The molecule has 2 aromatic rings. The molecular formula is C21H24N4O5. The van der Waals surface area contributed by atoms with Gasteiger partial charge in [-0.15, -0.1) is 0 Å². The van der Waals surface area contributed by atoms with Crippen LogP contribution in [0.25, 0.3) is 0 Å². The summed E-state index contributed by atoms with van der Waals surface area (Å²) in [4.78, 5) is 52.0. The summed E-state index contributed by atoms with van der Waals surface area (Å²) in [6.45, 7) is 2.70. The van der Waals surface area contributed by atoms with Gasteiger partial charge in [-0.05, 0) is 24.6 Å². The molecule has 2 bridgehead atoms. The Bertz CT molecular complexity index is 975. The molecule has 2 amide bonds. The topological polar surface area (TPSA) is 122 Å². The number of carbonyl (C=O) groups excluding carboxylic acids is 2. The molecular weight excluding hydrogens is 388 g/mol. The van der Waals surface area contributed by atoms with Crippen LogP contribution in [0, 0.1) is 5.92 Å². The fourth-order valence-electron chi connectivity index (χ4n) is 4.31. The van der Waals surface area contributed by atoms with Gasteiger partial charge in [0, 0.05) is 49.8 Å². The van der Waals surface area contributed by atoms with Crippen LogP contribution >= 0.6 is 0 Å². The summed E-state index contributed by atoms with van der Waals surface area (Å²) in [6, 6.07) is 10.0. The number of nitrogens with zero attached hydrogens (tertiary/aromatic N) is 3. The molecule has 0 spiro atoms. The Hall–Kier alpha value is -3.49. The van der Waals surface area contributed by atoms with Gasteiger partial charge in [-0.3, -0.25) is 28.7 Å². The van der Waals surface area contributed by atoms with E-state index in [-0.39, 0.29) is 35.7 Å². The van der Waals surface area contributed by atoms with E-state index in [9.17, 15) is 14.4 Å². The van der Waals surface area contributed by atoms with E-state index in [1.54, 1.807) is 28.7 Å². The summed E-state index contributed by atoms with van der Waals surface area (Å²) in [7, 11) is 0. The minimum atomic E-state index is -0.615. The van der Waals surface area contributed by atoms with E-state index in [0.717, 1.165) is 17.8 Å². The van der Waals surface area contributed by atoms with Gasteiger partial charge >= 0.3 is 0 Å². The van der Waals surface area contributed by atoms with E-state index in [2.05, 4.69) is 10.3 Å². The minimum Gasteiger partial charge on any atom is -0.483 e. The normalized spacial score (nSPS) is 21.5. The number of pyridine rings is 2. The highest BCUT2D eigenvalue weighted by molar-refractivity contribution is 5.81. The highest BCUT2D eigenvalue weighted by atomic mass is 16.3. The van der Waals surface area contributed by atoms with Gasteiger partial charge in [0.15, 0.2) is 0 Å². The minimum absolute atomic E-state index is 0.00377. The Morgan fingerprint density at radius 1 is 1.23 bits per heavy atom. The van der Waals surface area contributed by atoms with Crippen LogP contribution in [-0.4, -0.2) is 50.9 Å². The number of piperidine rings is 1. The second kappa shape index (κ2) is 9.34. The molecule has 0 radical (unpaired) electrons. The van der Waals surface area contributed by atoms with Crippen LogP contribution < -0.4 is 10.9 Å². The van der Waals surface area contributed by atoms with Gasteiger partial charge in [-0.1, -0.05) is 12.1 Å². The van der Waals surface area contributed by atoms with Gasteiger partial charge in [0.05, 0.1) is 12.2 Å². The van der Waals surface area contributed by atoms with Crippen molar-refractivity contribution in [2.75, 3.05) is 13.1 Å². The molecule has 4 heterocycles. The van der Waals surface area contributed by atoms with Crippen LogP contribution in [-0.2, 0) is 20.9 Å². The van der Waals surface area contributed by atoms with Crippen molar-refractivity contribution in [3.05, 3.63) is 64.3 Å². The highest BCUT2D eigenvalue weighted by Crippen LogP contribution is 2.41. The lowest BCUT2D eigenvalue weighted by atomic mass is 9.78. The fraction of sp³-hybridized carbons (Fsp3) is 0.381. The molecule has 3 atom stereocenters. The van der Waals surface area contributed by atoms with Crippen molar-refractivity contribution in [1.82, 2.24) is 19.8 Å². The fourth-order valence-corrected chi connectivity index (χ4v) is 4.31. The molecule has 2 N–H and O–H groups in total. The largest absolute Gasteiger partial charge is 0.483 e. The van der Waals surface area contributed by atoms with E-state index in [1.807, 2.05) is 24.3 Å². The predicted octanol–water partition coefficient (Wildman–Crippen LogP) is 0.767. The van der Waals surface area contributed by atoms with Crippen LogP contribution in [0.1, 0.15) is 36.7 Å². The summed E-state index contributed by atoms with van der Waals surface area (Å²) in [5, 5.41) is 9.81. The summed E-state index contributed by atoms with van der Waals surface area (Å²) in [5.41, 5.74) is 1.42. The third kappa shape index (κ3) is 4.40. The average molecular weight is 412 g/mol. The first-order valence-corrected chi connectivity index (χ1v) is 9.68. The number of rotatable bonds is 3. The molecule has 0 aliphatic carbocycles. The number of likely N-dealkylation sites (tertiary alicyclic amines) is 1. The molecule has 9 nitrogen and oxygen atoms in total. The maximum Gasteiger partial charge on any atom is 0.290 e. The molecule has 1 saturated heterocycles. The molecule has 0 unspecified atom stereocenters. The van der Waals surface area contributed by atoms with Gasteiger partial charge in [0.1, 0.15) is 6.04 Å². The van der Waals surface area contributed by atoms with Crippen molar-refractivity contribution in [2.45, 2.75) is 31.8 Å². The SMILES string of the molecule is CC(=O)N1C[C@H]2C[C@@H](C1)[C@H](C(=O)NCc1ccccn1)n1c2cccc1=O.O=CO. The maximum absolute atomic E-state index is 13.1. The molecule has 30 heavy (non-hydrogen) atoms. The number of hydrogen-bond acceptors (Lipinski definition) is 5. The van der Waals surface area contributed by atoms with Gasteiger partial charge in [-0.25, -0.2) is 0 Å². The zero-order valence-corrected chi connectivity index (χ0v) is 16.6. The summed E-state index contributed by atoms with van der Waals surface area (Å²) < 4.78 is 1.63. The lowest BCUT2D eigenvalue weighted by molar-refractivity contribution is -0.135. The second-order valence-corrected chi connectivity index (χ2v) is 7.36. The first-order chi connectivity index (χ1) is 14.5. The number of carbonyl (C=O) groups is 3. The van der Waals surface area contributed by atoms with Crippen molar-refractivity contribution < 1.29 is 19.5 Å². The van der Waals surface area contributed by atoms with Crippen molar-refractivity contribution >= 4 is 18.3 Å². The quantitative estimate of drug-likeness (QED) is 0.718. The Balaban J connectivity index is 0.000000806. The average Bonchev–Trinajstić information content (AvgIpc) is 2.74. The third-order valence-corrected chi connectivity index (χ3v) is 5.53. The van der Waals surface area contributed by atoms with E-state index >= 15 is 0 Å². The summed E-state index contributed by atoms with van der Waals surface area (Å²) in [6.07, 6.45) is 2.48. The van der Waals surface area contributed by atoms with Crippen molar-refractivity contribution in [1.29, 1.82) is 0 Å². The van der Waals surface area contributed by atoms with Crippen molar-refractivity contribution in [2.24, 2.45) is 5.92 Å². The summed E-state index contributed by atoms with van der Waals surface area (Å²) >= 11 is 0. The third-order valence-electron chi connectivity index (χ3n) is 5.53. The molecule has 1 fully saturated rings. The Morgan fingerprint density at radius 2 is 2.00 bits per heavy atom. The van der Waals surface area contributed by atoms with E-state index < -0.39 is 6.04 Å². The number of amides is 2. The zero-order valence-electron chi connectivity index (χ0n) is 16.6. The molecule has 9 heteroatoms. The molecule has 158 valence electrons. The number of carboxylic acid groups (broad SMARTS) is 1. The van der Waals surface area contributed by atoms with E-state index in [4.69, 9.17) is 9.90 Å². The van der Waals surface area contributed by atoms with E-state index in [1.165, 1.54) is 6.07 Å². The zero-order chi connectivity index (χ0) is 21.7. The molecule has 0 saturated carbocycles. The van der Waals surface area contributed by atoms with Crippen LogP contribution in [0.5, 0.6) is 0 Å². The van der Waals surface area contributed by atoms with Crippen molar-refractivity contribution in [3.63, 3.8) is 0 Å². The first-order valence-electron chi connectivity index (χ1n) is 9.68. The predicted molar refractivity (Wildman–Crippen MR) is 108 cm³/mol. The van der Waals surface area contributed by atoms with Crippen molar-refractivity contribution in [3.8, 4) is 0 Å². The highest BCUT2D eigenvalue weighted by Gasteiger charge is 2.44. The Morgan fingerprint density at radius 3 is 2.67 bits per heavy atom. The standard InChI is InChI=1S/C20H22N4O3.CH2O2/c1-13(25)23-11-14-9-15(12-23)19(24-17(14)6-4-7-18(24)26)20(27)22-10-16-5-2-3-8-21-16;2-1-3/h2-8,14-15,19H,9-12H2,1H3,(H,22,27);1H,(H,2,3)/t14-,15+,19-;/m1./s1. The van der Waals surface area contributed by atoms with Crippen LogP contribution in [0.3, 0.4) is 0 Å². The smallest absolute Gasteiger partial charge is 0.290 e. The van der Waals surface area contributed by atoms with Gasteiger partial charge in [0.25, 0.3) is 12.0 Å². The number of nitrogens with one attached hydrogen (secondary N) is 1. The summed E-state index contributed by atoms with van der Waals surface area (Å²) in [5.74, 6) is -0.196. The number of aromatic nitrogens is 2. The maximum atomic E-state index is 13.1. The Kier molecular flexibility index (Phi) is 6.61. The number of hydrogen-bond donors (Lipinski definition) is 2. The monoisotopic (exact) mass is 412 g/mol.